The van der Waals surface area contributed by atoms with Gasteiger partial charge in [0.25, 0.3) is 5.91 Å². The minimum Gasteiger partial charge on any atom is -0.463 e. The van der Waals surface area contributed by atoms with E-state index in [1.807, 2.05) is 30.3 Å². The first-order valence-corrected chi connectivity index (χ1v) is 7.36. The largest absolute Gasteiger partial charge is 0.463 e. The summed E-state index contributed by atoms with van der Waals surface area (Å²) in [6.45, 7) is 1.52. The topological polar surface area (TPSA) is 103 Å². The number of carbonyl (C=O) groups is 2. The summed E-state index contributed by atoms with van der Waals surface area (Å²) in [5.74, 6) is -0.516. The number of hydrogen-bond donors (Lipinski definition) is 2. The molecule has 0 aliphatic rings. The maximum atomic E-state index is 12.5. The summed E-state index contributed by atoms with van der Waals surface area (Å²) in [6, 6.07) is 13.5. The van der Waals surface area contributed by atoms with Gasteiger partial charge in [-0.1, -0.05) is 18.2 Å². The van der Waals surface area contributed by atoms with Gasteiger partial charge in [-0.05, 0) is 31.2 Å². The number of nitrogens with one attached hydrogen (secondary N) is 1. The van der Waals surface area contributed by atoms with Crippen molar-refractivity contribution in [2.45, 2.75) is 13.0 Å². The lowest BCUT2D eigenvalue weighted by molar-refractivity contribution is -0.119. The molecule has 3 N–H and O–H groups in total. The van der Waals surface area contributed by atoms with Crippen LogP contribution in [0.15, 0.2) is 59.2 Å². The Kier molecular flexibility index (Phi) is 4.15. The number of furan rings is 1. The number of nitrogens with zero attached hydrogens (tertiary/aromatic N) is 2. The third-order valence-electron chi connectivity index (χ3n) is 3.49. The Morgan fingerprint density at radius 1 is 1.21 bits per heavy atom. The molecule has 1 unspecified atom stereocenters. The highest BCUT2D eigenvalue weighted by Crippen LogP contribution is 2.22. The molecule has 0 radical (unpaired) electrons. The monoisotopic (exact) mass is 324 g/mol. The Hall–Kier alpha value is -3.35. The summed E-state index contributed by atoms with van der Waals surface area (Å²) in [6.07, 6.45) is 1.53. The average molecular weight is 324 g/mol. The number of primary amides is 1. The Bertz CT molecular complexity index is 853. The average Bonchev–Trinajstić information content (AvgIpc) is 3.24. The molecule has 7 heteroatoms. The van der Waals surface area contributed by atoms with Gasteiger partial charge in [0.1, 0.15) is 17.4 Å². The number of benzene rings is 1. The molecular formula is C17H16N4O3. The highest BCUT2D eigenvalue weighted by atomic mass is 16.3. The maximum Gasteiger partial charge on any atom is 0.270 e. The van der Waals surface area contributed by atoms with Crippen molar-refractivity contribution in [3.8, 4) is 17.1 Å². The highest BCUT2D eigenvalue weighted by Gasteiger charge is 2.21. The molecule has 7 nitrogen and oxygen atoms in total. The molecule has 0 aliphatic heterocycles. The van der Waals surface area contributed by atoms with E-state index in [9.17, 15) is 9.59 Å². The van der Waals surface area contributed by atoms with Crippen LogP contribution in [0, 0.1) is 0 Å². The summed E-state index contributed by atoms with van der Waals surface area (Å²) < 4.78 is 6.84. The molecule has 2 aromatic heterocycles. The van der Waals surface area contributed by atoms with Crippen LogP contribution < -0.4 is 11.1 Å². The van der Waals surface area contributed by atoms with E-state index >= 15 is 0 Å². The number of nitrogens with two attached hydrogens (primary N) is 1. The van der Waals surface area contributed by atoms with Crippen molar-refractivity contribution >= 4 is 11.8 Å². The molecule has 0 fully saturated rings. The van der Waals surface area contributed by atoms with Gasteiger partial charge < -0.3 is 15.5 Å². The first-order chi connectivity index (χ1) is 11.6. The van der Waals surface area contributed by atoms with Crippen LogP contribution in [-0.4, -0.2) is 27.6 Å². The van der Waals surface area contributed by atoms with E-state index in [0.717, 1.165) is 0 Å². The van der Waals surface area contributed by atoms with Crippen LogP contribution >= 0.6 is 0 Å². The molecule has 2 heterocycles. The number of amides is 2. The van der Waals surface area contributed by atoms with Gasteiger partial charge in [-0.15, -0.1) is 0 Å². The Labute approximate surface area is 138 Å². The van der Waals surface area contributed by atoms with E-state index in [2.05, 4.69) is 10.4 Å². The summed E-state index contributed by atoms with van der Waals surface area (Å²) in [7, 11) is 0. The van der Waals surface area contributed by atoms with Crippen LogP contribution in [0.3, 0.4) is 0 Å². The number of carbonyl (C=O) groups excluding carboxylic acids is 2. The third-order valence-corrected chi connectivity index (χ3v) is 3.49. The second-order valence-corrected chi connectivity index (χ2v) is 5.24. The summed E-state index contributed by atoms with van der Waals surface area (Å²) in [5.41, 5.74) is 6.71. The summed E-state index contributed by atoms with van der Waals surface area (Å²) in [5, 5.41) is 7.00. The van der Waals surface area contributed by atoms with Gasteiger partial charge >= 0.3 is 0 Å². The quantitative estimate of drug-likeness (QED) is 0.746. The van der Waals surface area contributed by atoms with Crippen molar-refractivity contribution in [1.29, 1.82) is 0 Å². The van der Waals surface area contributed by atoms with E-state index in [0.29, 0.717) is 17.1 Å². The first-order valence-electron chi connectivity index (χ1n) is 7.36. The fraction of sp³-hybridized carbons (Fsp3) is 0.118. The SMILES string of the molecule is CC(NC(=O)c1cc(-c2ccco2)nn1-c1ccccc1)C(N)=O. The van der Waals surface area contributed by atoms with Gasteiger partial charge in [-0.25, -0.2) is 4.68 Å². The Balaban J connectivity index is 2.03. The second-order valence-electron chi connectivity index (χ2n) is 5.24. The zero-order valence-electron chi connectivity index (χ0n) is 13.0. The van der Waals surface area contributed by atoms with Crippen molar-refractivity contribution in [2.24, 2.45) is 5.73 Å². The molecule has 122 valence electrons. The van der Waals surface area contributed by atoms with Gasteiger partial charge in [0.05, 0.1) is 12.0 Å². The van der Waals surface area contributed by atoms with Crippen LogP contribution in [0.5, 0.6) is 0 Å². The van der Waals surface area contributed by atoms with Crippen LogP contribution in [-0.2, 0) is 4.79 Å². The van der Waals surface area contributed by atoms with Crippen LogP contribution in [0.1, 0.15) is 17.4 Å². The van der Waals surface area contributed by atoms with Crippen LogP contribution in [0.2, 0.25) is 0 Å². The predicted octanol–water partition coefficient (Wildman–Crippen LogP) is 1.74. The maximum absolute atomic E-state index is 12.5. The minimum atomic E-state index is -0.788. The Morgan fingerprint density at radius 2 is 1.96 bits per heavy atom. The highest BCUT2D eigenvalue weighted by molar-refractivity contribution is 5.97. The van der Waals surface area contributed by atoms with Gasteiger partial charge in [0.2, 0.25) is 5.91 Å². The van der Waals surface area contributed by atoms with Crippen molar-refractivity contribution in [1.82, 2.24) is 15.1 Å². The van der Waals surface area contributed by atoms with E-state index in [-0.39, 0.29) is 5.69 Å². The van der Waals surface area contributed by atoms with Crippen LogP contribution in [0.4, 0.5) is 0 Å². The Morgan fingerprint density at radius 3 is 2.58 bits per heavy atom. The molecule has 3 aromatic rings. The van der Waals surface area contributed by atoms with Gasteiger partial charge in [-0.2, -0.15) is 5.10 Å². The van der Waals surface area contributed by atoms with Crippen LogP contribution in [0.25, 0.3) is 17.1 Å². The number of rotatable bonds is 5. The van der Waals surface area contributed by atoms with E-state index in [1.54, 1.807) is 18.2 Å². The lowest BCUT2D eigenvalue weighted by atomic mass is 10.2. The molecule has 1 atom stereocenters. The number of para-hydroxylation sites is 1. The van der Waals surface area contributed by atoms with Crippen molar-refractivity contribution in [3.63, 3.8) is 0 Å². The fourth-order valence-corrected chi connectivity index (χ4v) is 2.20. The number of hydrogen-bond acceptors (Lipinski definition) is 4. The lowest BCUT2D eigenvalue weighted by Gasteiger charge is -2.11. The second kappa shape index (κ2) is 6.41. The molecule has 2 amide bonds. The molecule has 0 spiro atoms. The zero-order chi connectivity index (χ0) is 17.1. The molecule has 24 heavy (non-hydrogen) atoms. The molecule has 0 saturated heterocycles. The minimum absolute atomic E-state index is 0.278. The third kappa shape index (κ3) is 3.05. The smallest absolute Gasteiger partial charge is 0.270 e. The van der Waals surface area contributed by atoms with E-state index < -0.39 is 17.9 Å². The van der Waals surface area contributed by atoms with Gasteiger partial charge in [-0.3, -0.25) is 9.59 Å². The van der Waals surface area contributed by atoms with Gasteiger partial charge in [0, 0.05) is 6.07 Å². The zero-order valence-corrected chi connectivity index (χ0v) is 13.0. The summed E-state index contributed by atoms with van der Waals surface area (Å²) >= 11 is 0. The lowest BCUT2D eigenvalue weighted by Crippen LogP contribution is -2.42. The summed E-state index contributed by atoms with van der Waals surface area (Å²) in [4.78, 5) is 23.7. The normalized spacial score (nSPS) is 11.9. The standard InChI is InChI=1S/C17H16N4O3/c1-11(16(18)22)19-17(23)14-10-13(15-8-5-9-24-15)20-21(14)12-6-3-2-4-7-12/h2-11H,1H3,(H2,18,22)(H,19,23). The molecule has 0 bridgehead atoms. The molecule has 1 aromatic carbocycles. The molecular weight excluding hydrogens is 308 g/mol. The van der Waals surface area contributed by atoms with Gasteiger partial charge in [0.15, 0.2) is 5.76 Å². The van der Waals surface area contributed by atoms with Crippen molar-refractivity contribution < 1.29 is 14.0 Å². The first kappa shape index (κ1) is 15.5. The van der Waals surface area contributed by atoms with Crippen molar-refractivity contribution in [2.75, 3.05) is 0 Å². The number of aromatic nitrogens is 2. The van der Waals surface area contributed by atoms with E-state index in [1.165, 1.54) is 17.9 Å². The van der Waals surface area contributed by atoms with E-state index in [4.69, 9.17) is 10.2 Å². The molecule has 0 saturated carbocycles. The molecule has 0 aliphatic carbocycles. The fourth-order valence-electron chi connectivity index (χ4n) is 2.20. The predicted molar refractivity (Wildman–Crippen MR) is 87.4 cm³/mol. The van der Waals surface area contributed by atoms with Crippen molar-refractivity contribution in [3.05, 3.63) is 60.5 Å². The molecule has 3 rings (SSSR count).